The lowest BCUT2D eigenvalue weighted by Gasteiger charge is -2.64. The van der Waals surface area contributed by atoms with Crippen LogP contribution in [0.25, 0.3) is 0 Å². The number of aliphatic hydroxyl groups excluding tert-OH is 1. The van der Waals surface area contributed by atoms with Crippen molar-refractivity contribution in [2.75, 3.05) is 6.61 Å². The minimum absolute atomic E-state index is 0.0730. The zero-order valence-electron chi connectivity index (χ0n) is 27.4. The molecule has 1 N–H and O–H groups in total. The van der Waals surface area contributed by atoms with Crippen molar-refractivity contribution in [1.29, 1.82) is 0 Å². The summed E-state index contributed by atoms with van der Waals surface area (Å²) in [6, 6.07) is 0. The Kier molecular flexibility index (Phi) is 10.9. The molecule has 3 saturated carbocycles. The molecule has 8 heteroatoms. The summed E-state index contributed by atoms with van der Waals surface area (Å²) in [6.45, 7) is 9.64. The van der Waals surface area contributed by atoms with Gasteiger partial charge in [0.25, 0.3) is 0 Å². The van der Waals surface area contributed by atoms with Gasteiger partial charge in [0, 0.05) is 29.6 Å². The summed E-state index contributed by atoms with van der Waals surface area (Å²) in [7, 11) is 0. The van der Waals surface area contributed by atoms with Gasteiger partial charge in [-0.25, -0.2) is 0 Å². The second-order valence-electron chi connectivity index (χ2n) is 14.3. The van der Waals surface area contributed by atoms with Crippen LogP contribution in [0.5, 0.6) is 0 Å². The molecule has 0 amide bonds. The molecule has 4 aliphatic carbocycles. The zero-order valence-corrected chi connectivity index (χ0v) is 28.2. The van der Waals surface area contributed by atoms with E-state index in [0.29, 0.717) is 32.1 Å². The van der Waals surface area contributed by atoms with Crippen LogP contribution in [-0.2, 0) is 28.7 Å². The predicted molar refractivity (Wildman–Crippen MR) is 170 cm³/mol. The molecule has 4 aliphatic rings. The number of hydrogen-bond acceptors (Lipinski definition) is 7. The summed E-state index contributed by atoms with van der Waals surface area (Å²) >= 11 is 7.60. The molecule has 0 aliphatic heterocycles. The van der Waals surface area contributed by atoms with Gasteiger partial charge in [0.2, 0.25) is 5.78 Å². The highest BCUT2D eigenvalue weighted by Crippen LogP contribution is 2.72. The minimum Gasteiger partial charge on any atom is -0.457 e. The van der Waals surface area contributed by atoms with Gasteiger partial charge in [-0.05, 0) is 62.5 Å². The molecule has 3 fully saturated rings. The molecular formula is C36H53ClO7. The first-order valence-electron chi connectivity index (χ1n) is 17.0. The normalized spacial score (nSPS) is 37.4. The first kappa shape index (κ1) is 34.9. The minimum atomic E-state index is -1.56. The van der Waals surface area contributed by atoms with Crippen molar-refractivity contribution < 1.29 is 33.8 Å². The average Bonchev–Trinajstić information content (AvgIpc) is 3.19. The number of unbranched alkanes of at least 4 members (excludes halogenated alkanes) is 6. The monoisotopic (exact) mass is 632 g/mol. The van der Waals surface area contributed by atoms with Crippen LogP contribution in [0.3, 0.4) is 0 Å². The Balaban J connectivity index is 1.66. The number of rotatable bonds is 14. The molecule has 4 rings (SSSR count). The molecule has 0 bridgehead atoms. The van der Waals surface area contributed by atoms with Crippen molar-refractivity contribution in [3.8, 4) is 0 Å². The first-order chi connectivity index (χ1) is 20.8. The number of ether oxygens (including phenoxy) is 2. The van der Waals surface area contributed by atoms with Crippen molar-refractivity contribution in [1.82, 2.24) is 0 Å². The van der Waals surface area contributed by atoms with E-state index in [2.05, 4.69) is 13.8 Å². The van der Waals surface area contributed by atoms with E-state index in [1.165, 1.54) is 0 Å². The highest BCUT2D eigenvalue weighted by molar-refractivity contribution is 6.26. The van der Waals surface area contributed by atoms with Gasteiger partial charge < -0.3 is 14.6 Å². The van der Waals surface area contributed by atoms with Gasteiger partial charge in [-0.2, -0.15) is 0 Å². The van der Waals surface area contributed by atoms with Crippen LogP contribution in [-0.4, -0.2) is 51.8 Å². The largest absolute Gasteiger partial charge is 0.457 e. The Hall–Kier alpha value is -1.99. The van der Waals surface area contributed by atoms with Gasteiger partial charge in [-0.3, -0.25) is 19.2 Å². The van der Waals surface area contributed by atoms with E-state index < -0.39 is 51.7 Å². The molecule has 7 nitrogen and oxygen atoms in total. The fraction of sp³-hybridized carbons (Fsp3) is 0.778. The lowest BCUT2D eigenvalue weighted by Crippen LogP contribution is -2.69. The van der Waals surface area contributed by atoms with Crippen LogP contribution in [0.1, 0.15) is 125 Å². The number of ketones is 2. The van der Waals surface area contributed by atoms with Crippen molar-refractivity contribution in [3.63, 3.8) is 0 Å². The van der Waals surface area contributed by atoms with Crippen molar-refractivity contribution in [2.24, 2.45) is 28.6 Å². The molecule has 0 saturated heterocycles. The topological polar surface area (TPSA) is 107 Å². The smallest absolute Gasteiger partial charge is 0.306 e. The fourth-order valence-electron chi connectivity index (χ4n) is 9.35. The molecule has 246 valence electrons. The lowest BCUT2D eigenvalue weighted by molar-refractivity contribution is -0.204. The number of allylic oxidation sites excluding steroid dienone is 4. The lowest BCUT2D eigenvalue weighted by atomic mass is 9.45. The first-order valence-corrected chi connectivity index (χ1v) is 17.4. The van der Waals surface area contributed by atoms with Crippen LogP contribution in [0.15, 0.2) is 23.8 Å². The molecule has 0 spiro atoms. The second-order valence-corrected chi connectivity index (χ2v) is 14.9. The van der Waals surface area contributed by atoms with Crippen molar-refractivity contribution in [2.45, 2.75) is 141 Å². The molecule has 0 aromatic rings. The number of halogens is 1. The average molecular weight is 633 g/mol. The number of fused-ring (bicyclic) bond motifs is 5. The number of hydrogen-bond donors (Lipinski definition) is 1. The van der Waals surface area contributed by atoms with E-state index in [1.54, 1.807) is 12.2 Å². The maximum absolute atomic E-state index is 14.4. The Labute approximate surface area is 268 Å². The number of Topliss-reactive ketones (excluding diaryl/α,β-unsaturated/α-hetero) is 1. The van der Waals surface area contributed by atoms with E-state index in [0.717, 1.165) is 44.1 Å². The standard InChI is InChI=1S/C36H53ClO7/c1-6-8-10-12-14-31(41)43-23-30(40)36(44-32(42)15-13-11-9-7-2)24(3)20-28-27-17-16-25-21-26(38)18-19-33(25,4)35(27,37)29(39)22-34(28,36)5/h18-19,21,24,27-29,39H,6-17,20,22-23H2,1-5H3. The number of esters is 2. The van der Waals surface area contributed by atoms with E-state index in [-0.39, 0.29) is 42.8 Å². The summed E-state index contributed by atoms with van der Waals surface area (Å²) in [5.74, 6) is -2.04. The third kappa shape index (κ3) is 5.85. The molecule has 44 heavy (non-hydrogen) atoms. The molecule has 0 heterocycles. The summed E-state index contributed by atoms with van der Waals surface area (Å²) in [6.07, 6.45) is 13.8. The van der Waals surface area contributed by atoms with E-state index in [4.69, 9.17) is 21.1 Å². The maximum atomic E-state index is 14.4. The number of carbonyl (C=O) groups excluding carboxylic acids is 4. The molecular weight excluding hydrogens is 580 g/mol. The Bertz CT molecular complexity index is 1180. The second kappa shape index (κ2) is 13.8. The van der Waals surface area contributed by atoms with Crippen LogP contribution >= 0.6 is 11.6 Å². The Morgan fingerprint density at radius 1 is 0.977 bits per heavy atom. The number of alkyl halides is 1. The van der Waals surface area contributed by atoms with E-state index in [1.807, 2.05) is 26.8 Å². The Morgan fingerprint density at radius 3 is 2.25 bits per heavy atom. The van der Waals surface area contributed by atoms with Gasteiger partial charge in [-0.15, -0.1) is 11.6 Å². The van der Waals surface area contributed by atoms with Gasteiger partial charge in [0.05, 0.1) is 11.0 Å². The molecule has 0 radical (unpaired) electrons. The third-order valence-corrected chi connectivity index (χ3v) is 12.6. The van der Waals surface area contributed by atoms with Gasteiger partial charge in [-0.1, -0.05) is 84.8 Å². The summed E-state index contributed by atoms with van der Waals surface area (Å²) in [5, 5.41) is 12.0. The quantitative estimate of drug-likeness (QED) is 0.122. The molecule has 0 aromatic carbocycles. The van der Waals surface area contributed by atoms with Crippen LogP contribution in [0, 0.1) is 28.6 Å². The third-order valence-electron chi connectivity index (χ3n) is 11.7. The summed E-state index contributed by atoms with van der Waals surface area (Å²) in [5.41, 5.74) is -2.29. The molecule has 0 aromatic heterocycles. The number of carbonyl (C=O) groups is 4. The van der Waals surface area contributed by atoms with Crippen molar-refractivity contribution >= 4 is 35.1 Å². The van der Waals surface area contributed by atoms with Gasteiger partial charge in [0.15, 0.2) is 18.0 Å². The summed E-state index contributed by atoms with van der Waals surface area (Å²) in [4.78, 5) is 51.6. The molecule has 8 atom stereocenters. The van der Waals surface area contributed by atoms with Crippen LogP contribution < -0.4 is 0 Å². The van der Waals surface area contributed by atoms with Gasteiger partial charge in [0.1, 0.15) is 0 Å². The number of aliphatic hydroxyl groups is 1. The highest BCUT2D eigenvalue weighted by atomic mass is 35.5. The van der Waals surface area contributed by atoms with E-state index >= 15 is 0 Å². The van der Waals surface area contributed by atoms with E-state index in [9.17, 15) is 24.3 Å². The molecule has 8 unspecified atom stereocenters. The zero-order chi connectivity index (χ0) is 32.3. The summed E-state index contributed by atoms with van der Waals surface area (Å²) < 4.78 is 11.9. The Morgan fingerprint density at radius 2 is 1.61 bits per heavy atom. The maximum Gasteiger partial charge on any atom is 0.306 e. The van der Waals surface area contributed by atoms with Crippen LogP contribution in [0.2, 0.25) is 0 Å². The van der Waals surface area contributed by atoms with Crippen LogP contribution in [0.4, 0.5) is 0 Å². The van der Waals surface area contributed by atoms with Gasteiger partial charge >= 0.3 is 11.9 Å². The van der Waals surface area contributed by atoms with Crippen molar-refractivity contribution in [3.05, 3.63) is 23.8 Å². The fourth-order valence-corrected chi connectivity index (χ4v) is 9.87. The highest BCUT2D eigenvalue weighted by Gasteiger charge is 2.76. The SMILES string of the molecule is CCCCCCC(=O)OCC(=O)C1(OC(=O)CCCCCC)C(C)CC2C3CCC4=CC(=O)C=CC4(C)C3(Cl)C(O)CC21C. The predicted octanol–water partition coefficient (Wildman–Crippen LogP) is 7.21.